The highest BCUT2D eigenvalue weighted by molar-refractivity contribution is 5.97. The van der Waals surface area contributed by atoms with Crippen molar-refractivity contribution < 1.29 is 19.1 Å². The van der Waals surface area contributed by atoms with Crippen LogP contribution in [-0.4, -0.2) is 18.9 Å². The van der Waals surface area contributed by atoms with Gasteiger partial charge in [0.1, 0.15) is 11.5 Å². The molecule has 0 amide bonds. The molecular formula is C11H12O4. The SMILES string of the molecule is COc1ccc(OC(C)=O)c(C(C)=O)c1. The van der Waals surface area contributed by atoms with Gasteiger partial charge in [-0.2, -0.15) is 0 Å². The number of hydrogen-bond acceptors (Lipinski definition) is 4. The van der Waals surface area contributed by atoms with E-state index in [1.165, 1.54) is 27.0 Å². The average molecular weight is 208 g/mol. The lowest BCUT2D eigenvalue weighted by Crippen LogP contribution is -2.06. The van der Waals surface area contributed by atoms with Crippen molar-refractivity contribution in [1.82, 2.24) is 0 Å². The van der Waals surface area contributed by atoms with Crippen LogP contribution in [0.25, 0.3) is 0 Å². The summed E-state index contributed by atoms with van der Waals surface area (Å²) in [6.45, 7) is 2.69. The molecule has 1 rings (SSSR count). The number of carbonyl (C=O) groups excluding carboxylic acids is 2. The van der Waals surface area contributed by atoms with Gasteiger partial charge in [-0.05, 0) is 25.1 Å². The lowest BCUT2D eigenvalue weighted by atomic mass is 10.1. The van der Waals surface area contributed by atoms with Gasteiger partial charge in [-0.15, -0.1) is 0 Å². The molecule has 0 aliphatic carbocycles. The molecule has 4 nitrogen and oxygen atoms in total. The molecule has 0 aromatic heterocycles. The van der Waals surface area contributed by atoms with Gasteiger partial charge in [0.05, 0.1) is 12.7 Å². The fourth-order valence-electron chi connectivity index (χ4n) is 1.16. The average Bonchev–Trinajstić information content (AvgIpc) is 2.17. The van der Waals surface area contributed by atoms with Crippen molar-refractivity contribution in [2.45, 2.75) is 13.8 Å². The van der Waals surface area contributed by atoms with Crippen molar-refractivity contribution >= 4 is 11.8 Å². The summed E-state index contributed by atoms with van der Waals surface area (Å²) < 4.78 is 9.86. The van der Waals surface area contributed by atoms with E-state index in [2.05, 4.69) is 0 Å². The van der Waals surface area contributed by atoms with Gasteiger partial charge in [0.15, 0.2) is 5.78 Å². The Labute approximate surface area is 87.8 Å². The smallest absolute Gasteiger partial charge is 0.308 e. The minimum atomic E-state index is -0.456. The fraction of sp³-hybridized carbons (Fsp3) is 0.273. The van der Waals surface area contributed by atoms with Crippen molar-refractivity contribution in [3.8, 4) is 11.5 Å². The summed E-state index contributed by atoms with van der Waals surface area (Å²) in [6, 6.07) is 4.71. The standard InChI is InChI=1S/C11H12O4/c1-7(12)10-6-9(14-3)4-5-11(10)15-8(2)13/h4-6H,1-3H3. The highest BCUT2D eigenvalue weighted by atomic mass is 16.5. The van der Waals surface area contributed by atoms with E-state index >= 15 is 0 Å². The molecule has 15 heavy (non-hydrogen) atoms. The molecule has 0 aliphatic heterocycles. The summed E-state index contributed by atoms with van der Waals surface area (Å²) in [5.74, 6) is 0.180. The summed E-state index contributed by atoms with van der Waals surface area (Å²) in [5.41, 5.74) is 0.338. The van der Waals surface area contributed by atoms with Crippen LogP contribution >= 0.6 is 0 Å². The Balaban J connectivity index is 3.15. The number of carbonyl (C=O) groups is 2. The zero-order chi connectivity index (χ0) is 11.4. The van der Waals surface area contributed by atoms with Crippen molar-refractivity contribution in [3.63, 3.8) is 0 Å². The first-order valence-electron chi connectivity index (χ1n) is 4.42. The summed E-state index contributed by atoms with van der Waals surface area (Å²) >= 11 is 0. The van der Waals surface area contributed by atoms with Crippen molar-refractivity contribution in [2.75, 3.05) is 7.11 Å². The normalized spacial score (nSPS) is 9.53. The molecule has 0 saturated carbocycles. The van der Waals surface area contributed by atoms with E-state index in [9.17, 15) is 9.59 Å². The van der Waals surface area contributed by atoms with Crippen LogP contribution in [0, 0.1) is 0 Å². The van der Waals surface area contributed by atoms with E-state index in [1.54, 1.807) is 12.1 Å². The Morgan fingerprint density at radius 1 is 1.20 bits per heavy atom. The number of benzene rings is 1. The molecule has 0 unspecified atom stereocenters. The third kappa shape index (κ3) is 2.80. The Morgan fingerprint density at radius 2 is 1.87 bits per heavy atom. The molecule has 0 saturated heterocycles. The van der Waals surface area contributed by atoms with Gasteiger partial charge in [0.25, 0.3) is 0 Å². The fourth-order valence-corrected chi connectivity index (χ4v) is 1.16. The Kier molecular flexibility index (Phi) is 3.44. The predicted molar refractivity (Wildman–Crippen MR) is 54.3 cm³/mol. The molecular weight excluding hydrogens is 196 g/mol. The third-order valence-electron chi connectivity index (χ3n) is 1.82. The molecule has 0 spiro atoms. The van der Waals surface area contributed by atoms with Gasteiger partial charge < -0.3 is 9.47 Å². The Bertz CT molecular complexity index is 396. The molecule has 0 heterocycles. The molecule has 0 radical (unpaired) electrons. The summed E-state index contributed by atoms with van der Waals surface area (Å²) in [4.78, 5) is 22.0. The second-order valence-corrected chi connectivity index (χ2v) is 3.01. The molecule has 80 valence electrons. The van der Waals surface area contributed by atoms with Crippen LogP contribution in [0.3, 0.4) is 0 Å². The number of ether oxygens (including phenoxy) is 2. The first-order chi connectivity index (χ1) is 7.04. The lowest BCUT2D eigenvalue weighted by molar-refractivity contribution is -0.131. The molecule has 0 N–H and O–H groups in total. The Morgan fingerprint density at radius 3 is 2.33 bits per heavy atom. The first kappa shape index (κ1) is 11.2. The highest BCUT2D eigenvalue weighted by Gasteiger charge is 2.11. The lowest BCUT2D eigenvalue weighted by Gasteiger charge is -2.08. The predicted octanol–water partition coefficient (Wildman–Crippen LogP) is 1.82. The zero-order valence-corrected chi connectivity index (χ0v) is 8.87. The molecule has 1 aromatic rings. The van der Waals surface area contributed by atoms with Crippen molar-refractivity contribution in [1.29, 1.82) is 0 Å². The van der Waals surface area contributed by atoms with E-state index in [1.807, 2.05) is 0 Å². The van der Waals surface area contributed by atoms with Crippen LogP contribution in [0.5, 0.6) is 11.5 Å². The van der Waals surface area contributed by atoms with E-state index < -0.39 is 5.97 Å². The van der Waals surface area contributed by atoms with Gasteiger partial charge in [-0.3, -0.25) is 9.59 Å². The van der Waals surface area contributed by atoms with Crippen molar-refractivity contribution in [3.05, 3.63) is 23.8 Å². The summed E-state index contributed by atoms with van der Waals surface area (Å²) in [7, 11) is 1.50. The van der Waals surface area contributed by atoms with Crippen LogP contribution in [-0.2, 0) is 4.79 Å². The third-order valence-corrected chi connectivity index (χ3v) is 1.82. The van der Waals surface area contributed by atoms with Crippen LogP contribution in [0.4, 0.5) is 0 Å². The summed E-state index contributed by atoms with van der Waals surface area (Å²) in [6.07, 6.45) is 0. The molecule has 0 aliphatic rings. The maximum Gasteiger partial charge on any atom is 0.308 e. The van der Waals surface area contributed by atoms with Gasteiger partial charge in [-0.25, -0.2) is 0 Å². The van der Waals surface area contributed by atoms with Gasteiger partial charge in [0, 0.05) is 6.92 Å². The van der Waals surface area contributed by atoms with Crippen LogP contribution in [0.15, 0.2) is 18.2 Å². The van der Waals surface area contributed by atoms with Crippen LogP contribution in [0.2, 0.25) is 0 Å². The maximum absolute atomic E-state index is 11.3. The van der Waals surface area contributed by atoms with E-state index in [-0.39, 0.29) is 11.5 Å². The van der Waals surface area contributed by atoms with Gasteiger partial charge in [0.2, 0.25) is 0 Å². The number of ketones is 1. The van der Waals surface area contributed by atoms with E-state index in [4.69, 9.17) is 9.47 Å². The van der Waals surface area contributed by atoms with E-state index in [0.29, 0.717) is 11.3 Å². The van der Waals surface area contributed by atoms with Gasteiger partial charge >= 0.3 is 5.97 Å². The second kappa shape index (κ2) is 4.59. The van der Waals surface area contributed by atoms with Crippen molar-refractivity contribution in [2.24, 2.45) is 0 Å². The minimum absolute atomic E-state index is 0.176. The highest BCUT2D eigenvalue weighted by Crippen LogP contribution is 2.24. The molecule has 0 atom stereocenters. The number of hydrogen-bond donors (Lipinski definition) is 0. The van der Waals surface area contributed by atoms with Crippen LogP contribution < -0.4 is 9.47 Å². The summed E-state index contributed by atoms with van der Waals surface area (Å²) in [5, 5.41) is 0. The Hall–Kier alpha value is -1.84. The number of esters is 1. The molecule has 4 heteroatoms. The largest absolute Gasteiger partial charge is 0.497 e. The molecule has 1 aromatic carbocycles. The minimum Gasteiger partial charge on any atom is -0.497 e. The quantitative estimate of drug-likeness (QED) is 0.432. The first-order valence-corrected chi connectivity index (χ1v) is 4.42. The molecule has 0 fully saturated rings. The zero-order valence-electron chi connectivity index (χ0n) is 8.87. The monoisotopic (exact) mass is 208 g/mol. The topological polar surface area (TPSA) is 52.6 Å². The molecule has 0 bridgehead atoms. The van der Waals surface area contributed by atoms with Crippen LogP contribution in [0.1, 0.15) is 24.2 Å². The maximum atomic E-state index is 11.3. The van der Waals surface area contributed by atoms with Gasteiger partial charge in [-0.1, -0.05) is 0 Å². The number of methoxy groups -OCH3 is 1. The number of Topliss-reactive ketones (excluding diaryl/α,β-unsaturated/α-hetero) is 1. The second-order valence-electron chi connectivity index (χ2n) is 3.01. The number of rotatable bonds is 3. The van der Waals surface area contributed by atoms with E-state index in [0.717, 1.165) is 0 Å².